The first kappa shape index (κ1) is 22.5. The molecule has 3 aromatic rings. The molecule has 1 fully saturated rings. The molecule has 2 aromatic carbocycles. The van der Waals surface area contributed by atoms with Crippen LogP contribution in [0.3, 0.4) is 0 Å². The average Bonchev–Trinajstić information content (AvgIpc) is 2.79. The van der Waals surface area contributed by atoms with Gasteiger partial charge in [0.1, 0.15) is 11.5 Å². The predicted molar refractivity (Wildman–Crippen MR) is 114 cm³/mol. The van der Waals surface area contributed by atoms with E-state index in [0.717, 1.165) is 12.1 Å². The Balaban J connectivity index is 1.53. The SMILES string of the molecule is Cc1cc(=O)c(C(=O)N2CCN(c3cccc(C(F)(F)F)c3)CC2)nn1-c1ccccc1F. The highest BCUT2D eigenvalue weighted by atomic mass is 19.4. The third-order valence-electron chi connectivity index (χ3n) is 5.50. The third kappa shape index (κ3) is 4.59. The molecule has 2 heterocycles. The highest BCUT2D eigenvalue weighted by Gasteiger charge is 2.31. The number of rotatable bonds is 3. The van der Waals surface area contributed by atoms with E-state index in [0.29, 0.717) is 24.5 Å². The molecule has 1 saturated heterocycles. The van der Waals surface area contributed by atoms with E-state index in [4.69, 9.17) is 0 Å². The Bertz CT molecular complexity index is 1250. The smallest absolute Gasteiger partial charge is 0.368 e. The number of anilines is 1. The van der Waals surface area contributed by atoms with Crippen LogP contribution >= 0.6 is 0 Å². The van der Waals surface area contributed by atoms with E-state index in [2.05, 4.69) is 5.10 Å². The molecule has 10 heteroatoms. The van der Waals surface area contributed by atoms with E-state index >= 15 is 0 Å². The molecule has 1 aliphatic rings. The molecular formula is C23H20F4N4O2. The molecule has 6 nitrogen and oxygen atoms in total. The molecule has 1 amide bonds. The maximum Gasteiger partial charge on any atom is 0.416 e. The minimum Gasteiger partial charge on any atom is -0.368 e. The highest BCUT2D eigenvalue weighted by Crippen LogP contribution is 2.32. The minimum atomic E-state index is -4.44. The van der Waals surface area contributed by atoms with Crippen LogP contribution in [-0.2, 0) is 6.18 Å². The highest BCUT2D eigenvalue weighted by molar-refractivity contribution is 5.92. The van der Waals surface area contributed by atoms with Crippen LogP contribution in [0, 0.1) is 12.7 Å². The van der Waals surface area contributed by atoms with E-state index in [1.807, 2.05) is 0 Å². The van der Waals surface area contributed by atoms with Crippen molar-refractivity contribution in [1.82, 2.24) is 14.7 Å². The largest absolute Gasteiger partial charge is 0.416 e. The van der Waals surface area contributed by atoms with Gasteiger partial charge in [-0.1, -0.05) is 18.2 Å². The van der Waals surface area contributed by atoms with E-state index in [1.54, 1.807) is 24.0 Å². The number of benzene rings is 2. The summed E-state index contributed by atoms with van der Waals surface area (Å²) >= 11 is 0. The van der Waals surface area contributed by atoms with Gasteiger partial charge in [0.05, 0.1) is 5.56 Å². The zero-order chi connectivity index (χ0) is 23.8. The number of amides is 1. The molecule has 1 aromatic heterocycles. The quantitative estimate of drug-likeness (QED) is 0.560. The first-order valence-electron chi connectivity index (χ1n) is 10.2. The van der Waals surface area contributed by atoms with Crippen LogP contribution in [-0.4, -0.2) is 46.8 Å². The van der Waals surface area contributed by atoms with Gasteiger partial charge in [-0.15, -0.1) is 0 Å². The van der Waals surface area contributed by atoms with Gasteiger partial charge in [0.15, 0.2) is 5.69 Å². The molecule has 1 aliphatic heterocycles. The van der Waals surface area contributed by atoms with E-state index in [1.165, 1.54) is 39.9 Å². The lowest BCUT2D eigenvalue weighted by molar-refractivity contribution is -0.137. The van der Waals surface area contributed by atoms with Crippen LogP contribution in [0.5, 0.6) is 0 Å². The number of hydrogen-bond donors (Lipinski definition) is 0. The van der Waals surface area contributed by atoms with Crippen LogP contribution in [0.4, 0.5) is 23.2 Å². The van der Waals surface area contributed by atoms with Crippen molar-refractivity contribution in [1.29, 1.82) is 0 Å². The fraction of sp³-hybridized carbons (Fsp3) is 0.261. The van der Waals surface area contributed by atoms with Crippen molar-refractivity contribution in [2.45, 2.75) is 13.1 Å². The molecule has 0 bridgehead atoms. The summed E-state index contributed by atoms with van der Waals surface area (Å²) in [5.41, 5.74) is -0.764. The van der Waals surface area contributed by atoms with Gasteiger partial charge >= 0.3 is 6.18 Å². The number of aromatic nitrogens is 2. The molecule has 0 unspecified atom stereocenters. The van der Waals surface area contributed by atoms with Crippen LogP contribution in [0.25, 0.3) is 5.69 Å². The van der Waals surface area contributed by atoms with Gasteiger partial charge in [-0.3, -0.25) is 9.59 Å². The van der Waals surface area contributed by atoms with Gasteiger partial charge in [0.25, 0.3) is 5.91 Å². The fourth-order valence-corrected chi connectivity index (χ4v) is 3.76. The van der Waals surface area contributed by atoms with Gasteiger partial charge in [-0.05, 0) is 37.3 Å². The lowest BCUT2D eigenvalue weighted by atomic mass is 10.1. The number of nitrogens with zero attached hydrogens (tertiary/aromatic N) is 4. The zero-order valence-electron chi connectivity index (χ0n) is 17.6. The van der Waals surface area contributed by atoms with Crippen molar-refractivity contribution in [2.75, 3.05) is 31.1 Å². The lowest BCUT2D eigenvalue weighted by Crippen LogP contribution is -2.50. The summed E-state index contributed by atoms with van der Waals surface area (Å²) in [6.45, 7) is 2.57. The number of para-hydroxylation sites is 1. The van der Waals surface area contributed by atoms with Crippen molar-refractivity contribution in [3.05, 3.63) is 87.6 Å². The summed E-state index contributed by atoms with van der Waals surface area (Å²) in [5.74, 6) is -1.15. The number of carbonyl (C=O) groups is 1. The summed E-state index contributed by atoms with van der Waals surface area (Å²) < 4.78 is 54.5. The number of hydrogen-bond acceptors (Lipinski definition) is 4. The van der Waals surface area contributed by atoms with Gasteiger partial charge < -0.3 is 9.80 Å². The molecule has 0 N–H and O–H groups in total. The number of piperazine rings is 1. The number of carbonyl (C=O) groups excluding carboxylic acids is 1. The summed E-state index contributed by atoms with van der Waals surface area (Å²) in [5, 5.41) is 4.13. The fourth-order valence-electron chi connectivity index (χ4n) is 3.76. The van der Waals surface area contributed by atoms with Crippen molar-refractivity contribution in [3.63, 3.8) is 0 Å². The lowest BCUT2D eigenvalue weighted by Gasteiger charge is -2.36. The molecule has 4 rings (SSSR count). The zero-order valence-corrected chi connectivity index (χ0v) is 17.6. The average molecular weight is 460 g/mol. The summed E-state index contributed by atoms with van der Waals surface area (Å²) in [4.78, 5) is 28.7. The second kappa shape index (κ2) is 8.68. The standard InChI is InChI=1S/C23H20F4N4O2/c1-15-13-20(32)21(28-31(15)19-8-3-2-7-18(19)24)22(33)30-11-9-29(10-12-30)17-6-4-5-16(14-17)23(25,26)27/h2-8,13-14H,9-12H2,1H3. The Hall–Kier alpha value is -3.69. The van der Waals surface area contributed by atoms with Gasteiger partial charge in [0.2, 0.25) is 5.43 Å². The first-order chi connectivity index (χ1) is 15.6. The number of halogens is 4. The van der Waals surface area contributed by atoms with Crippen molar-refractivity contribution < 1.29 is 22.4 Å². The minimum absolute atomic E-state index is 0.110. The van der Waals surface area contributed by atoms with Crippen LogP contribution in [0.2, 0.25) is 0 Å². The van der Waals surface area contributed by atoms with Gasteiger partial charge in [0, 0.05) is 43.6 Å². The number of aryl methyl sites for hydroxylation is 1. The normalized spacial score (nSPS) is 14.5. The van der Waals surface area contributed by atoms with E-state index in [9.17, 15) is 27.2 Å². The molecule has 0 spiro atoms. The Kier molecular flexibility index (Phi) is 5.92. The van der Waals surface area contributed by atoms with E-state index in [-0.39, 0.29) is 24.5 Å². The van der Waals surface area contributed by atoms with Crippen molar-refractivity contribution in [2.24, 2.45) is 0 Å². The maximum atomic E-state index is 14.2. The second-order valence-electron chi connectivity index (χ2n) is 7.69. The van der Waals surface area contributed by atoms with E-state index < -0.39 is 28.9 Å². The predicted octanol–water partition coefficient (Wildman–Crippen LogP) is 3.66. The molecule has 172 valence electrons. The molecule has 0 radical (unpaired) electrons. The Morgan fingerprint density at radius 1 is 0.970 bits per heavy atom. The summed E-state index contributed by atoms with van der Waals surface area (Å²) in [7, 11) is 0. The Morgan fingerprint density at radius 2 is 1.67 bits per heavy atom. The van der Waals surface area contributed by atoms with Crippen LogP contribution in [0.15, 0.2) is 59.4 Å². The topological polar surface area (TPSA) is 58.4 Å². The first-order valence-corrected chi connectivity index (χ1v) is 10.2. The van der Waals surface area contributed by atoms with Crippen LogP contribution < -0.4 is 10.3 Å². The molecule has 0 atom stereocenters. The molecule has 33 heavy (non-hydrogen) atoms. The molecule has 0 aliphatic carbocycles. The van der Waals surface area contributed by atoms with Crippen LogP contribution in [0.1, 0.15) is 21.7 Å². The molecule has 0 saturated carbocycles. The number of alkyl halides is 3. The summed E-state index contributed by atoms with van der Waals surface area (Å²) in [6.07, 6.45) is -4.44. The maximum absolute atomic E-state index is 14.2. The van der Waals surface area contributed by atoms with Crippen molar-refractivity contribution >= 4 is 11.6 Å². The Morgan fingerprint density at radius 3 is 2.33 bits per heavy atom. The summed E-state index contributed by atoms with van der Waals surface area (Å²) in [6, 6.07) is 12.1. The van der Waals surface area contributed by atoms with Gasteiger partial charge in [-0.2, -0.15) is 18.3 Å². The third-order valence-corrected chi connectivity index (χ3v) is 5.50. The van der Waals surface area contributed by atoms with Crippen molar-refractivity contribution in [3.8, 4) is 5.69 Å². The monoisotopic (exact) mass is 460 g/mol. The Labute approximate surface area is 186 Å². The second-order valence-corrected chi connectivity index (χ2v) is 7.69. The molecular weight excluding hydrogens is 440 g/mol. The van der Waals surface area contributed by atoms with Gasteiger partial charge in [-0.25, -0.2) is 9.07 Å².